The molecule has 3 heterocycles. The Hall–Kier alpha value is -3.08. The van der Waals surface area contributed by atoms with Crippen LogP contribution in [0.4, 0.5) is 4.39 Å². The van der Waals surface area contributed by atoms with Crippen molar-refractivity contribution < 1.29 is 4.39 Å². The summed E-state index contributed by atoms with van der Waals surface area (Å²) in [6.07, 6.45) is 5.43. The Labute approximate surface area is 144 Å². The highest BCUT2D eigenvalue weighted by molar-refractivity contribution is 5.85. The molecule has 25 heavy (non-hydrogen) atoms. The van der Waals surface area contributed by atoms with Gasteiger partial charge >= 0.3 is 0 Å². The van der Waals surface area contributed by atoms with E-state index < -0.39 is 0 Å². The number of hydrogen-bond donors (Lipinski definition) is 0. The number of hydrogen-bond acceptors (Lipinski definition) is 3. The molecule has 2 aromatic heterocycles. The molecule has 0 amide bonds. The van der Waals surface area contributed by atoms with Gasteiger partial charge in [0.15, 0.2) is 0 Å². The zero-order valence-corrected chi connectivity index (χ0v) is 13.5. The van der Waals surface area contributed by atoms with Gasteiger partial charge in [0.1, 0.15) is 11.6 Å². The molecular formula is C20H15FN4. The fourth-order valence-electron chi connectivity index (χ4n) is 3.57. The topological polar surface area (TPSA) is 43.6 Å². The maximum atomic E-state index is 13.7. The molecule has 0 N–H and O–H groups in total. The number of aryl methyl sites for hydroxylation is 1. The molecule has 1 aliphatic rings. The average molecular weight is 330 g/mol. The van der Waals surface area contributed by atoms with Crippen LogP contribution in [0, 0.1) is 5.82 Å². The number of fused-ring (bicyclic) bond motifs is 2. The summed E-state index contributed by atoms with van der Waals surface area (Å²) < 4.78 is 16.0. The summed E-state index contributed by atoms with van der Waals surface area (Å²) >= 11 is 0. The molecule has 5 rings (SSSR count). The van der Waals surface area contributed by atoms with Gasteiger partial charge in [-0.25, -0.2) is 9.37 Å². The lowest BCUT2D eigenvalue weighted by Crippen LogP contribution is -1.97. The molecule has 0 fully saturated rings. The Morgan fingerprint density at radius 2 is 1.80 bits per heavy atom. The number of benzene rings is 2. The molecule has 122 valence electrons. The first-order valence-corrected chi connectivity index (χ1v) is 8.36. The third-order valence-corrected chi connectivity index (χ3v) is 4.67. The number of rotatable bonds is 2. The first kappa shape index (κ1) is 14.3. The van der Waals surface area contributed by atoms with Crippen LogP contribution in [0.5, 0.6) is 0 Å². The van der Waals surface area contributed by atoms with E-state index >= 15 is 0 Å². The smallest absolute Gasteiger partial charge is 0.123 e. The zero-order valence-electron chi connectivity index (χ0n) is 13.5. The molecule has 0 atom stereocenters. The zero-order chi connectivity index (χ0) is 16.8. The van der Waals surface area contributed by atoms with Gasteiger partial charge in [-0.05, 0) is 30.7 Å². The molecule has 5 heteroatoms. The van der Waals surface area contributed by atoms with Crippen LogP contribution in [0.2, 0.25) is 0 Å². The number of aromatic nitrogens is 4. The van der Waals surface area contributed by atoms with Crippen LogP contribution in [0.25, 0.3) is 33.5 Å². The van der Waals surface area contributed by atoms with Gasteiger partial charge < -0.3 is 4.57 Å². The fourth-order valence-corrected chi connectivity index (χ4v) is 3.57. The van der Waals surface area contributed by atoms with E-state index in [-0.39, 0.29) is 5.82 Å². The van der Waals surface area contributed by atoms with Gasteiger partial charge in [0.25, 0.3) is 0 Å². The summed E-state index contributed by atoms with van der Waals surface area (Å²) in [6.45, 7) is 0.936. The second kappa shape index (κ2) is 5.48. The van der Waals surface area contributed by atoms with Crippen LogP contribution in [0.15, 0.2) is 54.9 Å². The number of nitrogens with zero attached hydrogens (tertiary/aromatic N) is 4. The fraction of sp³-hybridized carbons (Fsp3) is 0.150. The second-order valence-electron chi connectivity index (χ2n) is 6.25. The van der Waals surface area contributed by atoms with Crippen LogP contribution in [-0.4, -0.2) is 19.5 Å². The van der Waals surface area contributed by atoms with Crippen LogP contribution in [0.3, 0.4) is 0 Å². The lowest BCUT2D eigenvalue weighted by molar-refractivity contribution is 0.628. The van der Waals surface area contributed by atoms with E-state index in [9.17, 15) is 4.39 Å². The monoisotopic (exact) mass is 330 g/mol. The second-order valence-corrected chi connectivity index (χ2v) is 6.25. The summed E-state index contributed by atoms with van der Waals surface area (Å²) in [5.41, 5.74) is 5.41. The van der Waals surface area contributed by atoms with Crippen LogP contribution in [0.1, 0.15) is 12.2 Å². The quantitative estimate of drug-likeness (QED) is 0.552. The van der Waals surface area contributed by atoms with Gasteiger partial charge in [0, 0.05) is 36.5 Å². The largest absolute Gasteiger partial charge is 0.327 e. The molecule has 0 radical (unpaired) electrons. The first-order chi connectivity index (χ1) is 12.3. The lowest BCUT2D eigenvalue weighted by Gasteiger charge is -2.09. The van der Waals surface area contributed by atoms with Crippen molar-refractivity contribution in [3.8, 4) is 22.5 Å². The van der Waals surface area contributed by atoms with Crippen molar-refractivity contribution in [1.29, 1.82) is 0 Å². The lowest BCUT2D eigenvalue weighted by atomic mass is 10.0. The van der Waals surface area contributed by atoms with E-state index in [1.54, 1.807) is 24.5 Å². The first-order valence-electron chi connectivity index (χ1n) is 8.36. The SMILES string of the molecule is Fc1cccc(-c2nc3n(c2-c2ccc4nccnc4c2)CCC3)c1. The molecule has 2 aromatic carbocycles. The van der Waals surface area contributed by atoms with Crippen molar-refractivity contribution >= 4 is 11.0 Å². The third kappa shape index (κ3) is 2.31. The van der Waals surface area contributed by atoms with Crippen LogP contribution < -0.4 is 0 Å². The highest BCUT2D eigenvalue weighted by Crippen LogP contribution is 2.36. The van der Waals surface area contributed by atoms with Gasteiger partial charge in [0.2, 0.25) is 0 Å². The predicted octanol–water partition coefficient (Wildman–Crippen LogP) is 4.25. The average Bonchev–Trinajstić information content (AvgIpc) is 3.22. The van der Waals surface area contributed by atoms with Crippen molar-refractivity contribution in [3.63, 3.8) is 0 Å². The van der Waals surface area contributed by atoms with E-state index in [1.165, 1.54) is 6.07 Å². The van der Waals surface area contributed by atoms with Crippen molar-refractivity contribution in [2.45, 2.75) is 19.4 Å². The molecule has 0 unspecified atom stereocenters. The summed E-state index contributed by atoms with van der Waals surface area (Å²) in [6, 6.07) is 12.7. The Balaban J connectivity index is 1.76. The van der Waals surface area contributed by atoms with Gasteiger partial charge in [-0.15, -0.1) is 0 Å². The normalized spacial score (nSPS) is 13.3. The van der Waals surface area contributed by atoms with E-state index in [2.05, 4.69) is 14.5 Å². The van der Waals surface area contributed by atoms with Gasteiger partial charge in [-0.1, -0.05) is 18.2 Å². The van der Waals surface area contributed by atoms with Crippen LogP contribution in [-0.2, 0) is 13.0 Å². The van der Waals surface area contributed by atoms with Gasteiger partial charge in [-0.2, -0.15) is 0 Å². The Morgan fingerprint density at radius 1 is 0.920 bits per heavy atom. The minimum atomic E-state index is -0.249. The van der Waals surface area contributed by atoms with E-state index in [1.807, 2.05) is 24.3 Å². The summed E-state index contributed by atoms with van der Waals surface area (Å²) in [5, 5.41) is 0. The van der Waals surface area contributed by atoms with Crippen molar-refractivity contribution in [1.82, 2.24) is 19.5 Å². The molecular weight excluding hydrogens is 315 g/mol. The van der Waals surface area contributed by atoms with Crippen molar-refractivity contribution in [3.05, 3.63) is 66.5 Å². The van der Waals surface area contributed by atoms with Crippen LogP contribution >= 0.6 is 0 Å². The van der Waals surface area contributed by atoms with E-state index in [4.69, 9.17) is 4.98 Å². The molecule has 1 aliphatic heterocycles. The summed E-state index contributed by atoms with van der Waals surface area (Å²) in [4.78, 5) is 13.6. The molecule has 0 saturated carbocycles. The molecule has 0 saturated heterocycles. The number of halogens is 1. The predicted molar refractivity (Wildman–Crippen MR) is 94.5 cm³/mol. The number of imidazole rings is 1. The minimum Gasteiger partial charge on any atom is -0.327 e. The van der Waals surface area contributed by atoms with Gasteiger partial charge in [0.05, 0.1) is 22.4 Å². The van der Waals surface area contributed by atoms with Crippen molar-refractivity contribution in [2.75, 3.05) is 0 Å². The summed E-state index contributed by atoms with van der Waals surface area (Å²) in [5.74, 6) is 0.814. The third-order valence-electron chi connectivity index (χ3n) is 4.67. The van der Waals surface area contributed by atoms with Gasteiger partial charge in [-0.3, -0.25) is 9.97 Å². The molecule has 4 nitrogen and oxygen atoms in total. The molecule has 4 aromatic rings. The minimum absolute atomic E-state index is 0.249. The highest BCUT2D eigenvalue weighted by Gasteiger charge is 2.23. The Bertz CT molecular complexity index is 1100. The molecule has 0 aliphatic carbocycles. The van der Waals surface area contributed by atoms with Crippen molar-refractivity contribution in [2.24, 2.45) is 0 Å². The summed E-state index contributed by atoms with van der Waals surface area (Å²) in [7, 11) is 0. The van der Waals surface area contributed by atoms with E-state index in [0.717, 1.165) is 58.8 Å². The Morgan fingerprint density at radius 3 is 2.68 bits per heavy atom. The molecule has 0 bridgehead atoms. The van der Waals surface area contributed by atoms with E-state index in [0.29, 0.717) is 0 Å². The maximum absolute atomic E-state index is 13.7. The molecule has 0 spiro atoms. The Kier molecular flexibility index (Phi) is 3.13. The highest BCUT2D eigenvalue weighted by atomic mass is 19.1. The maximum Gasteiger partial charge on any atom is 0.123 e. The standard InChI is InChI=1S/C20H15FN4/c21-15-4-1-3-13(11-15)19-20(25-10-2-5-18(25)24-19)14-6-7-16-17(12-14)23-9-8-22-16/h1,3-4,6-9,11-12H,2,5,10H2.